The second kappa shape index (κ2) is 8.31. The summed E-state index contributed by atoms with van der Waals surface area (Å²) in [5.74, 6) is 1.28. The van der Waals surface area contributed by atoms with Crippen molar-refractivity contribution >= 4 is 5.91 Å². The Morgan fingerprint density at radius 2 is 2.13 bits per heavy atom. The molecule has 1 aliphatic rings. The van der Waals surface area contributed by atoms with Crippen molar-refractivity contribution in [3.05, 3.63) is 29.8 Å². The number of amides is 1. The highest BCUT2D eigenvalue weighted by molar-refractivity contribution is 5.75. The summed E-state index contributed by atoms with van der Waals surface area (Å²) < 4.78 is 11.2. The molecule has 1 heterocycles. The Balaban J connectivity index is 2.09. The molecule has 0 aliphatic carbocycles. The highest BCUT2D eigenvalue weighted by atomic mass is 16.5. The van der Waals surface area contributed by atoms with Crippen molar-refractivity contribution in [3.63, 3.8) is 0 Å². The molecule has 0 aromatic heterocycles. The van der Waals surface area contributed by atoms with E-state index in [2.05, 4.69) is 17.9 Å². The second-order valence-electron chi connectivity index (χ2n) is 6.35. The summed E-state index contributed by atoms with van der Waals surface area (Å²) in [6.07, 6.45) is 0.524. The monoisotopic (exact) mass is 320 g/mol. The maximum absolute atomic E-state index is 12.1. The van der Waals surface area contributed by atoms with Gasteiger partial charge in [-0.1, -0.05) is 18.2 Å². The quantitative estimate of drug-likeness (QED) is 0.832. The van der Waals surface area contributed by atoms with Crippen LogP contribution in [0.3, 0.4) is 0 Å². The van der Waals surface area contributed by atoms with E-state index in [4.69, 9.17) is 9.47 Å². The lowest BCUT2D eigenvalue weighted by molar-refractivity contribution is -0.130. The molecule has 2 atom stereocenters. The molecule has 0 spiro atoms. The van der Waals surface area contributed by atoms with Gasteiger partial charge >= 0.3 is 0 Å². The molecule has 2 rings (SSSR count). The molecule has 1 fully saturated rings. The van der Waals surface area contributed by atoms with Crippen LogP contribution in [0.2, 0.25) is 0 Å². The highest BCUT2D eigenvalue weighted by Gasteiger charge is 2.29. The van der Waals surface area contributed by atoms with Crippen LogP contribution < -0.4 is 4.74 Å². The minimum absolute atomic E-state index is 0.157. The fourth-order valence-corrected chi connectivity index (χ4v) is 2.97. The zero-order valence-corrected chi connectivity index (χ0v) is 14.6. The third kappa shape index (κ3) is 4.69. The molecule has 0 N–H and O–H groups in total. The van der Waals surface area contributed by atoms with Crippen molar-refractivity contribution in [1.29, 1.82) is 0 Å². The number of rotatable bonds is 5. The van der Waals surface area contributed by atoms with Crippen LogP contribution in [-0.2, 0) is 16.1 Å². The smallest absolute Gasteiger partial charge is 0.222 e. The lowest BCUT2D eigenvalue weighted by Gasteiger charge is -2.32. The van der Waals surface area contributed by atoms with Gasteiger partial charge < -0.3 is 14.4 Å². The predicted octanol–water partition coefficient (Wildman–Crippen LogP) is 2.01. The zero-order chi connectivity index (χ0) is 16.8. The molecule has 1 aromatic carbocycles. The van der Waals surface area contributed by atoms with Gasteiger partial charge in [0.2, 0.25) is 5.91 Å². The summed E-state index contributed by atoms with van der Waals surface area (Å²) in [5.41, 5.74) is 1.17. The number of nitrogens with zero attached hydrogens (tertiary/aromatic N) is 2. The van der Waals surface area contributed by atoms with Crippen LogP contribution in [0.15, 0.2) is 24.3 Å². The Bertz CT molecular complexity index is 519. The lowest BCUT2D eigenvalue weighted by Crippen LogP contribution is -2.40. The van der Waals surface area contributed by atoms with Crippen molar-refractivity contribution in [2.45, 2.75) is 25.9 Å². The molecule has 1 aromatic rings. The van der Waals surface area contributed by atoms with E-state index in [0.717, 1.165) is 18.8 Å². The Morgan fingerprint density at radius 1 is 1.39 bits per heavy atom. The number of carbonyl (C=O) groups is 1. The summed E-state index contributed by atoms with van der Waals surface area (Å²) in [6.45, 7) is 5.21. The lowest BCUT2D eigenvalue weighted by atomic mass is 9.96. The molecule has 23 heavy (non-hydrogen) atoms. The van der Waals surface area contributed by atoms with Gasteiger partial charge in [0.05, 0.1) is 20.3 Å². The van der Waals surface area contributed by atoms with Crippen molar-refractivity contribution in [2.24, 2.45) is 5.92 Å². The summed E-state index contributed by atoms with van der Waals surface area (Å²) in [4.78, 5) is 16.1. The van der Waals surface area contributed by atoms with Gasteiger partial charge in [0.15, 0.2) is 0 Å². The molecule has 0 bridgehead atoms. The second-order valence-corrected chi connectivity index (χ2v) is 6.35. The van der Waals surface area contributed by atoms with Gasteiger partial charge in [-0.25, -0.2) is 0 Å². The molecule has 1 aliphatic heterocycles. The molecule has 128 valence electrons. The minimum Gasteiger partial charge on any atom is -0.496 e. The van der Waals surface area contributed by atoms with E-state index in [-0.39, 0.29) is 17.9 Å². The number of ether oxygens (including phenoxy) is 2. The summed E-state index contributed by atoms with van der Waals surface area (Å²) in [5, 5.41) is 0. The highest BCUT2D eigenvalue weighted by Crippen LogP contribution is 2.25. The van der Waals surface area contributed by atoms with Crippen LogP contribution in [0.1, 0.15) is 18.9 Å². The van der Waals surface area contributed by atoms with Crippen molar-refractivity contribution in [3.8, 4) is 5.75 Å². The van der Waals surface area contributed by atoms with E-state index in [1.54, 1.807) is 26.1 Å². The average molecular weight is 320 g/mol. The first-order valence-electron chi connectivity index (χ1n) is 8.16. The first kappa shape index (κ1) is 17.8. The number of carbonyl (C=O) groups excluding carboxylic acids is 1. The average Bonchev–Trinajstić information content (AvgIpc) is 2.71. The fourth-order valence-electron chi connectivity index (χ4n) is 2.97. The van der Waals surface area contributed by atoms with Gasteiger partial charge in [-0.3, -0.25) is 9.69 Å². The van der Waals surface area contributed by atoms with E-state index in [1.807, 2.05) is 18.2 Å². The standard InChI is InChI=1S/C18H28N2O3/c1-14-16(11-18(21)19(2)3)13-23-10-9-20(14)12-15-7-5-6-8-17(15)22-4/h5-8,14,16H,9-13H2,1-4H3/t14-,16+/m0/s1. The van der Waals surface area contributed by atoms with Crippen molar-refractivity contribution in [2.75, 3.05) is 41.0 Å². The van der Waals surface area contributed by atoms with Gasteiger partial charge in [-0.05, 0) is 13.0 Å². The summed E-state index contributed by atoms with van der Waals surface area (Å²) in [7, 11) is 5.31. The molecule has 0 radical (unpaired) electrons. The van der Waals surface area contributed by atoms with Crippen molar-refractivity contribution < 1.29 is 14.3 Å². The Hall–Kier alpha value is -1.59. The van der Waals surface area contributed by atoms with Gasteiger partial charge in [-0.2, -0.15) is 0 Å². The molecule has 5 heteroatoms. The number of methoxy groups -OCH3 is 1. The molecular formula is C18H28N2O3. The fraction of sp³-hybridized carbons (Fsp3) is 0.611. The third-order valence-electron chi connectivity index (χ3n) is 4.61. The van der Waals surface area contributed by atoms with Gasteiger partial charge in [-0.15, -0.1) is 0 Å². The van der Waals surface area contributed by atoms with Crippen LogP contribution in [-0.4, -0.2) is 62.7 Å². The van der Waals surface area contributed by atoms with E-state index in [1.165, 1.54) is 5.56 Å². The van der Waals surface area contributed by atoms with Crippen LogP contribution in [0.25, 0.3) is 0 Å². The van der Waals surface area contributed by atoms with E-state index in [9.17, 15) is 4.79 Å². The molecule has 0 saturated carbocycles. The van der Waals surface area contributed by atoms with Crippen LogP contribution >= 0.6 is 0 Å². The number of para-hydroxylation sites is 1. The van der Waals surface area contributed by atoms with E-state index in [0.29, 0.717) is 19.6 Å². The van der Waals surface area contributed by atoms with Crippen LogP contribution in [0.4, 0.5) is 0 Å². The molecule has 1 amide bonds. The minimum atomic E-state index is 0.157. The molecule has 1 saturated heterocycles. The van der Waals surface area contributed by atoms with Gasteiger partial charge in [0, 0.05) is 51.1 Å². The predicted molar refractivity (Wildman–Crippen MR) is 90.5 cm³/mol. The Morgan fingerprint density at radius 3 is 2.83 bits per heavy atom. The first-order valence-corrected chi connectivity index (χ1v) is 8.16. The summed E-state index contributed by atoms with van der Waals surface area (Å²) in [6, 6.07) is 8.38. The Labute approximate surface area is 139 Å². The number of hydrogen-bond acceptors (Lipinski definition) is 4. The maximum Gasteiger partial charge on any atom is 0.222 e. The molecule has 5 nitrogen and oxygen atoms in total. The van der Waals surface area contributed by atoms with Crippen molar-refractivity contribution in [1.82, 2.24) is 9.80 Å². The van der Waals surface area contributed by atoms with Gasteiger partial charge in [0.25, 0.3) is 0 Å². The largest absolute Gasteiger partial charge is 0.496 e. The maximum atomic E-state index is 12.1. The van der Waals surface area contributed by atoms with Crippen LogP contribution in [0, 0.1) is 5.92 Å². The molecule has 0 unspecified atom stereocenters. The SMILES string of the molecule is COc1ccccc1CN1CCOC[C@@H](CC(=O)N(C)C)[C@@H]1C. The normalized spacial score (nSPS) is 22.4. The number of benzene rings is 1. The topological polar surface area (TPSA) is 42.0 Å². The third-order valence-corrected chi connectivity index (χ3v) is 4.61. The molecular weight excluding hydrogens is 292 g/mol. The number of hydrogen-bond donors (Lipinski definition) is 0. The van der Waals surface area contributed by atoms with E-state index >= 15 is 0 Å². The van der Waals surface area contributed by atoms with Gasteiger partial charge in [0.1, 0.15) is 5.75 Å². The summed E-state index contributed by atoms with van der Waals surface area (Å²) >= 11 is 0. The van der Waals surface area contributed by atoms with E-state index < -0.39 is 0 Å². The Kier molecular flexibility index (Phi) is 6.42. The van der Waals surface area contributed by atoms with Crippen LogP contribution in [0.5, 0.6) is 5.75 Å². The zero-order valence-electron chi connectivity index (χ0n) is 14.6. The first-order chi connectivity index (χ1) is 11.0.